The maximum Gasteiger partial charge on any atom is 0.344 e. The summed E-state index contributed by atoms with van der Waals surface area (Å²) in [4.78, 5) is 24.7. The van der Waals surface area contributed by atoms with Crippen LogP contribution in [0.15, 0.2) is 29.8 Å². The van der Waals surface area contributed by atoms with Gasteiger partial charge in [0.25, 0.3) is 5.91 Å². The molecule has 1 aliphatic rings. The highest BCUT2D eigenvalue weighted by molar-refractivity contribution is 6.01. The molecule has 24 heavy (non-hydrogen) atoms. The predicted octanol–water partition coefficient (Wildman–Crippen LogP) is 1.30. The molecule has 1 N–H and O–H groups in total. The van der Waals surface area contributed by atoms with Gasteiger partial charge in [0.1, 0.15) is 17.4 Å². The molecule has 0 saturated carbocycles. The molecule has 2 rings (SSSR count). The summed E-state index contributed by atoms with van der Waals surface area (Å²) in [7, 11) is 0. The molecule has 1 saturated heterocycles. The van der Waals surface area contributed by atoms with Crippen LogP contribution in [-0.4, -0.2) is 54.3 Å². The SMILES string of the molecule is C[C@H](Oc1ccc(/C=C(/C#N)C(=O)N2CCOCC2)cc1)C(=O)O. The molecule has 0 unspecified atom stereocenters. The summed E-state index contributed by atoms with van der Waals surface area (Å²) in [5.74, 6) is -0.970. The molecule has 7 heteroatoms. The fraction of sp³-hybridized carbons (Fsp3) is 0.353. The number of carboxylic acid groups (broad SMARTS) is 1. The molecule has 1 aliphatic heterocycles. The summed E-state index contributed by atoms with van der Waals surface area (Å²) in [6, 6.07) is 8.44. The van der Waals surface area contributed by atoms with Crippen molar-refractivity contribution >= 4 is 18.0 Å². The molecule has 7 nitrogen and oxygen atoms in total. The highest BCUT2D eigenvalue weighted by Gasteiger charge is 2.20. The number of carbonyl (C=O) groups is 2. The van der Waals surface area contributed by atoms with Crippen LogP contribution in [0.25, 0.3) is 6.08 Å². The van der Waals surface area contributed by atoms with Crippen molar-refractivity contribution in [3.05, 3.63) is 35.4 Å². The second-order valence-corrected chi connectivity index (χ2v) is 5.24. The number of carbonyl (C=O) groups excluding carboxylic acids is 1. The lowest BCUT2D eigenvalue weighted by atomic mass is 10.1. The molecule has 0 aromatic heterocycles. The molecule has 0 bridgehead atoms. The van der Waals surface area contributed by atoms with Gasteiger partial charge in [0.05, 0.1) is 13.2 Å². The fourth-order valence-electron chi connectivity index (χ4n) is 2.14. The number of ether oxygens (including phenoxy) is 2. The van der Waals surface area contributed by atoms with Gasteiger partial charge in [-0.25, -0.2) is 4.79 Å². The minimum atomic E-state index is -1.05. The minimum absolute atomic E-state index is 0.0458. The third-order valence-electron chi connectivity index (χ3n) is 3.50. The number of carboxylic acids is 1. The van der Waals surface area contributed by atoms with Crippen LogP contribution in [0, 0.1) is 11.3 Å². The number of benzene rings is 1. The average molecular weight is 330 g/mol. The van der Waals surface area contributed by atoms with E-state index in [1.165, 1.54) is 13.0 Å². The molecule has 1 heterocycles. The summed E-state index contributed by atoms with van der Waals surface area (Å²) < 4.78 is 10.4. The van der Waals surface area contributed by atoms with Crippen LogP contribution in [0.3, 0.4) is 0 Å². The van der Waals surface area contributed by atoms with Crippen molar-refractivity contribution < 1.29 is 24.2 Å². The summed E-state index contributed by atoms with van der Waals surface area (Å²) in [5, 5.41) is 18.0. The van der Waals surface area contributed by atoms with E-state index in [0.29, 0.717) is 37.6 Å². The molecule has 1 fully saturated rings. The maximum absolute atomic E-state index is 12.3. The van der Waals surface area contributed by atoms with Crippen LogP contribution in [0.5, 0.6) is 5.75 Å². The highest BCUT2D eigenvalue weighted by atomic mass is 16.5. The van der Waals surface area contributed by atoms with Crippen molar-refractivity contribution in [1.82, 2.24) is 4.90 Å². The predicted molar refractivity (Wildman–Crippen MR) is 85.2 cm³/mol. The number of amides is 1. The normalized spacial score (nSPS) is 16.2. The Bertz CT molecular complexity index is 669. The van der Waals surface area contributed by atoms with Crippen LogP contribution in [0.1, 0.15) is 12.5 Å². The molecule has 1 atom stereocenters. The van der Waals surface area contributed by atoms with Gasteiger partial charge in [0.15, 0.2) is 6.10 Å². The van der Waals surface area contributed by atoms with E-state index in [0.717, 1.165) is 0 Å². The van der Waals surface area contributed by atoms with Gasteiger partial charge in [0, 0.05) is 13.1 Å². The molecule has 126 valence electrons. The number of nitrogens with zero attached hydrogens (tertiary/aromatic N) is 2. The third kappa shape index (κ3) is 4.57. The number of rotatable bonds is 5. The van der Waals surface area contributed by atoms with Gasteiger partial charge in [0.2, 0.25) is 0 Å². The lowest BCUT2D eigenvalue weighted by molar-refractivity contribution is -0.144. The van der Waals surface area contributed by atoms with E-state index in [2.05, 4.69) is 0 Å². The molecular formula is C17H18N2O5. The number of nitriles is 1. The van der Waals surface area contributed by atoms with Crippen LogP contribution in [-0.2, 0) is 14.3 Å². The van der Waals surface area contributed by atoms with Crippen molar-refractivity contribution in [3.8, 4) is 11.8 Å². The molecule has 0 spiro atoms. The van der Waals surface area contributed by atoms with Gasteiger partial charge >= 0.3 is 5.97 Å². The Hall–Kier alpha value is -2.85. The van der Waals surface area contributed by atoms with E-state index in [9.17, 15) is 14.9 Å². The molecule has 1 aromatic carbocycles. The van der Waals surface area contributed by atoms with E-state index in [1.54, 1.807) is 29.2 Å². The minimum Gasteiger partial charge on any atom is -0.479 e. The van der Waals surface area contributed by atoms with Gasteiger partial charge in [-0.1, -0.05) is 12.1 Å². The van der Waals surface area contributed by atoms with Crippen LogP contribution < -0.4 is 4.74 Å². The second kappa shape index (κ2) is 8.13. The van der Waals surface area contributed by atoms with Gasteiger partial charge in [-0.05, 0) is 30.7 Å². The first-order chi connectivity index (χ1) is 11.5. The highest BCUT2D eigenvalue weighted by Crippen LogP contribution is 2.17. The van der Waals surface area contributed by atoms with Crippen LogP contribution in [0.4, 0.5) is 0 Å². The van der Waals surface area contributed by atoms with Crippen molar-refractivity contribution in [3.63, 3.8) is 0 Å². The quantitative estimate of drug-likeness (QED) is 0.645. The molecule has 1 amide bonds. The van der Waals surface area contributed by atoms with Crippen molar-refractivity contribution in [1.29, 1.82) is 5.26 Å². The first-order valence-corrected chi connectivity index (χ1v) is 7.49. The van der Waals surface area contributed by atoms with E-state index < -0.39 is 12.1 Å². The summed E-state index contributed by atoms with van der Waals surface area (Å²) >= 11 is 0. The lowest BCUT2D eigenvalue weighted by Crippen LogP contribution is -2.41. The Balaban J connectivity index is 2.09. The van der Waals surface area contributed by atoms with E-state index in [1.807, 2.05) is 6.07 Å². The number of hydrogen-bond acceptors (Lipinski definition) is 5. The first-order valence-electron chi connectivity index (χ1n) is 7.49. The zero-order valence-electron chi connectivity index (χ0n) is 13.3. The van der Waals surface area contributed by atoms with Gasteiger partial charge in [-0.2, -0.15) is 5.26 Å². The van der Waals surface area contributed by atoms with E-state index in [-0.39, 0.29) is 11.5 Å². The van der Waals surface area contributed by atoms with Crippen LogP contribution in [0.2, 0.25) is 0 Å². The monoisotopic (exact) mass is 330 g/mol. The maximum atomic E-state index is 12.3. The van der Waals surface area contributed by atoms with Crippen molar-refractivity contribution in [2.45, 2.75) is 13.0 Å². The van der Waals surface area contributed by atoms with Gasteiger partial charge < -0.3 is 19.5 Å². The molecule has 0 aliphatic carbocycles. The van der Waals surface area contributed by atoms with Gasteiger partial charge in [-0.15, -0.1) is 0 Å². The van der Waals surface area contributed by atoms with E-state index >= 15 is 0 Å². The summed E-state index contributed by atoms with van der Waals surface area (Å²) in [5.41, 5.74) is 0.702. The summed E-state index contributed by atoms with van der Waals surface area (Å²) in [6.45, 7) is 3.32. The zero-order valence-corrected chi connectivity index (χ0v) is 13.3. The Morgan fingerprint density at radius 1 is 1.33 bits per heavy atom. The Morgan fingerprint density at radius 3 is 2.50 bits per heavy atom. The first kappa shape index (κ1) is 17.5. The average Bonchev–Trinajstić information content (AvgIpc) is 2.61. The number of aliphatic carboxylic acids is 1. The third-order valence-corrected chi connectivity index (χ3v) is 3.50. The molecule has 0 radical (unpaired) electrons. The topological polar surface area (TPSA) is 99.9 Å². The number of morpholine rings is 1. The second-order valence-electron chi connectivity index (χ2n) is 5.24. The Kier molecular flexibility index (Phi) is 5.93. The zero-order chi connectivity index (χ0) is 17.5. The van der Waals surface area contributed by atoms with Crippen molar-refractivity contribution in [2.75, 3.05) is 26.3 Å². The number of hydrogen-bond donors (Lipinski definition) is 1. The summed E-state index contributed by atoms with van der Waals surface area (Å²) in [6.07, 6.45) is 0.548. The molecule has 1 aromatic rings. The fourth-order valence-corrected chi connectivity index (χ4v) is 2.14. The van der Waals surface area contributed by atoms with Crippen molar-refractivity contribution in [2.24, 2.45) is 0 Å². The lowest BCUT2D eigenvalue weighted by Gasteiger charge is -2.26. The van der Waals surface area contributed by atoms with Gasteiger partial charge in [-0.3, -0.25) is 4.79 Å². The standard InChI is InChI=1S/C17H18N2O5/c1-12(17(21)22)24-15-4-2-13(3-5-15)10-14(11-18)16(20)19-6-8-23-9-7-19/h2-5,10,12H,6-9H2,1H3,(H,21,22)/b14-10-/t12-/m0/s1. The van der Waals surface area contributed by atoms with E-state index in [4.69, 9.17) is 14.6 Å². The largest absolute Gasteiger partial charge is 0.479 e. The Labute approximate surface area is 139 Å². The smallest absolute Gasteiger partial charge is 0.344 e. The molecular weight excluding hydrogens is 312 g/mol. The van der Waals surface area contributed by atoms with Crippen LogP contribution >= 0.6 is 0 Å². The Morgan fingerprint density at radius 2 is 1.96 bits per heavy atom.